The van der Waals surface area contributed by atoms with Gasteiger partial charge in [-0.15, -0.1) is 11.3 Å². The second-order valence-corrected chi connectivity index (χ2v) is 20.3. The number of likely N-dealkylation sites (N-methyl/N-ethyl adjacent to an activating group) is 1. The average Bonchev–Trinajstić information content (AvgIpc) is 4.14. The molecular weight excluding hydrogens is 947 g/mol. The number of carbonyl (C=O) groups excluding carboxylic acids is 7. The molecule has 8 atom stereocenters. The van der Waals surface area contributed by atoms with Crippen molar-refractivity contribution in [2.24, 2.45) is 17.8 Å². The third-order valence-corrected chi connectivity index (χ3v) is 14.3. The molecule has 4 rings (SSSR count). The highest BCUT2D eigenvalue weighted by Gasteiger charge is 2.44. The number of carbonyl (C=O) groups is 7. The first-order valence-electron chi connectivity index (χ1n) is 25.1. The number of nitrogens with zero attached hydrogens (tertiary/aromatic N) is 4. The smallest absolute Gasteiger partial charge is 0.253 e. The summed E-state index contributed by atoms with van der Waals surface area (Å²) in [6.07, 6.45) is 5.44. The molecule has 3 heterocycles. The molecule has 72 heavy (non-hydrogen) atoms. The summed E-state index contributed by atoms with van der Waals surface area (Å²) in [4.78, 5) is 102. The summed E-state index contributed by atoms with van der Waals surface area (Å²) in [6.45, 7) is 14.6. The topological polar surface area (TPSA) is 224 Å². The third kappa shape index (κ3) is 17.3. The fourth-order valence-electron chi connectivity index (χ4n) is 9.10. The number of likely N-dealkylation sites (tertiary alicyclic amines) is 1. The molecule has 1 aromatic heterocycles. The lowest BCUT2D eigenvalue weighted by atomic mass is 9.89. The van der Waals surface area contributed by atoms with Crippen molar-refractivity contribution in [1.82, 2.24) is 35.6 Å². The maximum absolute atomic E-state index is 14.5. The van der Waals surface area contributed by atoms with Gasteiger partial charge in [0.2, 0.25) is 29.5 Å². The van der Waals surface area contributed by atoms with Gasteiger partial charge in [0.1, 0.15) is 16.6 Å². The lowest BCUT2D eigenvalue weighted by molar-refractivity contribution is -0.148. The molecule has 0 aliphatic carbocycles. The predicted molar refractivity (Wildman–Crippen MR) is 271 cm³/mol. The number of aromatic nitrogens is 1. The van der Waals surface area contributed by atoms with Crippen LogP contribution in [-0.2, 0) is 63.7 Å². The van der Waals surface area contributed by atoms with E-state index in [4.69, 9.17) is 23.7 Å². The van der Waals surface area contributed by atoms with Crippen molar-refractivity contribution in [2.45, 2.75) is 129 Å². The molecule has 8 unspecified atom stereocenters. The van der Waals surface area contributed by atoms with Crippen LogP contribution >= 0.6 is 11.3 Å². The van der Waals surface area contributed by atoms with Crippen molar-refractivity contribution in [3.63, 3.8) is 0 Å². The first-order chi connectivity index (χ1) is 34.3. The van der Waals surface area contributed by atoms with Gasteiger partial charge in [0.05, 0.1) is 88.9 Å². The third-order valence-electron chi connectivity index (χ3n) is 13.4. The minimum absolute atomic E-state index is 0.0201. The van der Waals surface area contributed by atoms with Gasteiger partial charge in [-0.05, 0) is 50.5 Å². The quantitative estimate of drug-likeness (QED) is 0.0701. The van der Waals surface area contributed by atoms with E-state index in [1.54, 1.807) is 44.0 Å². The first kappa shape index (κ1) is 59.4. The molecule has 400 valence electrons. The summed E-state index contributed by atoms with van der Waals surface area (Å²) in [5.41, 5.74) is -0.317. The van der Waals surface area contributed by atoms with E-state index >= 15 is 0 Å². The molecule has 2 aromatic rings. The minimum atomic E-state index is -1.38. The van der Waals surface area contributed by atoms with Gasteiger partial charge >= 0.3 is 0 Å². The summed E-state index contributed by atoms with van der Waals surface area (Å²) < 4.78 is 28.5. The van der Waals surface area contributed by atoms with Crippen LogP contribution in [0.2, 0.25) is 0 Å². The molecule has 7 amide bonds. The van der Waals surface area contributed by atoms with Crippen molar-refractivity contribution in [3.8, 4) is 0 Å². The molecule has 1 aromatic carbocycles. The van der Waals surface area contributed by atoms with Crippen molar-refractivity contribution in [2.75, 3.05) is 74.0 Å². The van der Waals surface area contributed by atoms with Gasteiger partial charge in [-0.1, -0.05) is 71.4 Å². The monoisotopic (exact) mass is 1030 g/mol. The van der Waals surface area contributed by atoms with E-state index < -0.39 is 47.6 Å². The van der Waals surface area contributed by atoms with Gasteiger partial charge in [-0.25, -0.2) is 4.98 Å². The molecule has 0 spiro atoms. The Bertz CT molecular complexity index is 2070. The molecule has 2 aliphatic heterocycles. The summed E-state index contributed by atoms with van der Waals surface area (Å²) in [7, 11) is 4.77. The number of thiazole rings is 1. The lowest BCUT2D eigenvalue weighted by Crippen LogP contribution is -2.62. The highest BCUT2D eigenvalue weighted by molar-refractivity contribution is 7.09. The lowest BCUT2D eigenvalue weighted by Gasteiger charge is -2.41. The van der Waals surface area contributed by atoms with Crippen molar-refractivity contribution < 1.29 is 57.2 Å². The van der Waals surface area contributed by atoms with Crippen LogP contribution in [0.1, 0.15) is 97.2 Å². The van der Waals surface area contributed by atoms with E-state index in [9.17, 15) is 33.6 Å². The molecule has 3 N–H and O–H groups in total. The maximum Gasteiger partial charge on any atom is 0.253 e. The van der Waals surface area contributed by atoms with E-state index in [2.05, 4.69) is 20.9 Å². The zero-order chi connectivity index (χ0) is 53.0. The number of amides is 7. The number of imide groups is 1. The minimum Gasteiger partial charge on any atom is -0.379 e. The predicted octanol–water partition coefficient (Wildman–Crippen LogP) is 3.86. The summed E-state index contributed by atoms with van der Waals surface area (Å²) in [5.74, 6) is -3.48. The number of hydrogen-bond donors (Lipinski definition) is 3. The van der Waals surface area contributed by atoms with Gasteiger partial charge < -0.3 is 49.4 Å². The second kappa shape index (κ2) is 29.5. The average molecular weight is 1030 g/mol. The Kier molecular flexibility index (Phi) is 24.4. The molecule has 2 aliphatic rings. The van der Waals surface area contributed by atoms with Crippen LogP contribution in [0.3, 0.4) is 0 Å². The van der Waals surface area contributed by atoms with E-state index in [0.29, 0.717) is 25.8 Å². The zero-order valence-electron chi connectivity index (χ0n) is 43.9. The van der Waals surface area contributed by atoms with Crippen LogP contribution in [0.15, 0.2) is 54.1 Å². The first-order valence-corrected chi connectivity index (χ1v) is 26.0. The normalized spacial score (nSPS) is 17.8. The van der Waals surface area contributed by atoms with Gasteiger partial charge in [0.15, 0.2) is 0 Å². The number of hydrogen-bond acceptors (Lipinski definition) is 14. The molecule has 20 heteroatoms. The molecule has 1 saturated heterocycles. The largest absolute Gasteiger partial charge is 0.379 e. The Balaban J connectivity index is 1.29. The van der Waals surface area contributed by atoms with Crippen LogP contribution in [0.25, 0.3) is 0 Å². The van der Waals surface area contributed by atoms with E-state index in [1.165, 1.54) is 30.6 Å². The Labute approximate surface area is 429 Å². The van der Waals surface area contributed by atoms with Crippen LogP contribution < -0.4 is 16.0 Å². The van der Waals surface area contributed by atoms with Crippen molar-refractivity contribution >= 4 is 52.7 Å². The van der Waals surface area contributed by atoms with Gasteiger partial charge in [-0.3, -0.25) is 38.5 Å². The molecule has 0 saturated carbocycles. The highest BCUT2D eigenvalue weighted by Crippen LogP contribution is 2.31. The van der Waals surface area contributed by atoms with Crippen LogP contribution in [0, 0.1) is 17.8 Å². The number of benzene rings is 1. The van der Waals surface area contributed by atoms with Crippen molar-refractivity contribution in [1.29, 1.82) is 0 Å². The number of rotatable bonds is 32. The Hall–Kier alpha value is -5.12. The summed E-state index contributed by atoms with van der Waals surface area (Å²) in [6, 6.07) is 7.69. The molecular formula is C52H79N7O12S. The highest BCUT2D eigenvalue weighted by atomic mass is 32.1. The van der Waals surface area contributed by atoms with Gasteiger partial charge in [0, 0.05) is 58.0 Å². The number of methoxy groups -OCH3 is 2. The molecule has 19 nitrogen and oxygen atoms in total. The standard InChI is InChI=1S/C52H79N7O12S/c1-11-35(4)46(40(67-9)33-44(63)58-23-15-18-39(58)47(68-10)36(5)48(64)54-38(49-53-22-31-72-49)32-37-16-13-12-14-17-37)57(8)50(65)45(34(2)3)55-51(66)52(6,7)56-41(60)21-25-69-27-29-71-30-28-70-26-24-59-42(61)19-20-43(59)62/h12-14,16-17,19-20,22,31,34-36,38-40,45-47H,11,15,18,21,23-30,32-33H2,1-10H3,(H,54,64)(H,55,66)(H,56,60). The van der Waals surface area contributed by atoms with E-state index in [1.807, 2.05) is 70.3 Å². The molecule has 0 bridgehead atoms. The second-order valence-electron chi connectivity index (χ2n) is 19.3. The van der Waals surface area contributed by atoms with Gasteiger partial charge in [0.25, 0.3) is 11.8 Å². The van der Waals surface area contributed by atoms with Crippen LogP contribution in [0.4, 0.5) is 0 Å². The Morgan fingerprint density at radius 2 is 1.53 bits per heavy atom. The molecule has 0 radical (unpaired) electrons. The Morgan fingerprint density at radius 1 is 0.889 bits per heavy atom. The number of ether oxygens (including phenoxy) is 5. The summed E-state index contributed by atoms with van der Waals surface area (Å²) >= 11 is 1.48. The van der Waals surface area contributed by atoms with E-state index in [-0.39, 0.29) is 112 Å². The van der Waals surface area contributed by atoms with Crippen molar-refractivity contribution in [3.05, 3.63) is 64.6 Å². The zero-order valence-corrected chi connectivity index (χ0v) is 44.7. The molecule has 1 fully saturated rings. The fraction of sp³-hybridized carbons (Fsp3) is 0.654. The maximum atomic E-state index is 14.5. The summed E-state index contributed by atoms with van der Waals surface area (Å²) in [5, 5.41) is 11.6. The SMILES string of the molecule is CCC(C)C(C(CC(=O)N1CCCC1C(OC)C(C)C(=O)NC(Cc1ccccc1)c1nccs1)OC)N(C)C(=O)C(NC(=O)C(C)(C)NC(=O)CCOCCOCCOCCN1C(=O)C=CC1=O)C(C)C. The number of nitrogens with one attached hydrogen (secondary N) is 3. The van der Waals surface area contributed by atoms with Crippen LogP contribution in [-0.4, -0.2) is 171 Å². The van der Waals surface area contributed by atoms with E-state index in [0.717, 1.165) is 21.9 Å². The Morgan fingerprint density at radius 3 is 2.11 bits per heavy atom. The van der Waals surface area contributed by atoms with Gasteiger partial charge in [-0.2, -0.15) is 0 Å². The fourth-order valence-corrected chi connectivity index (χ4v) is 9.79. The van der Waals surface area contributed by atoms with Crippen LogP contribution in [0.5, 0.6) is 0 Å².